The molecule has 0 aliphatic carbocycles. The van der Waals surface area contributed by atoms with Crippen molar-refractivity contribution >= 4 is 96.1 Å². The van der Waals surface area contributed by atoms with Crippen molar-refractivity contribution in [2.75, 3.05) is 0 Å². The van der Waals surface area contributed by atoms with Crippen LogP contribution in [0.5, 0.6) is 0 Å². The fourth-order valence-corrected chi connectivity index (χ4v) is 10.6. The molecule has 1 heterocycles. The predicted octanol–water partition coefficient (Wildman–Crippen LogP) is 16.0. The van der Waals surface area contributed by atoms with Crippen LogP contribution in [-0.2, 0) is 0 Å². The van der Waals surface area contributed by atoms with Gasteiger partial charge in [0.1, 0.15) is 0 Å². The van der Waals surface area contributed by atoms with Gasteiger partial charge in [0.15, 0.2) is 0 Å². The zero-order chi connectivity index (χ0) is 36.0. The number of thiophene rings is 1. The second-order valence-electron chi connectivity index (χ2n) is 14.8. The maximum absolute atomic E-state index is 2.41. The van der Waals surface area contributed by atoms with Gasteiger partial charge in [-0.15, -0.1) is 11.3 Å². The van der Waals surface area contributed by atoms with Crippen LogP contribution in [0, 0.1) is 0 Å². The maximum Gasteiger partial charge on any atom is 0.0440 e. The van der Waals surface area contributed by atoms with Crippen LogP contribution < -0.4 is 0 Å². The molecule has 0 bridgehead atoms. The van der Waals surface area contributed by atoms with E-state index in [2.05, 4.69) is 194 Å². The molecule has 0 spiro atoms. The summed E-state index contributed by atoms with van der Waals surface area (Å²) in [5, 5.41) is 18.2. The van der Waals surface area contributed by atoms with Crippen LogP contribution in [0.15, 0.2) is 194 Å². The number of hydrogen-bond acceptors (Lipinski definition) is 1. The average Bonchev–Trinajstić information content (AvgIpc) is 3.63. The number of hydrogen-bond donors (Lipinski definition) is 0. The van der Waals surface area contributed by atoms with Crippen molar-refractivity contribution in [3.8, 4) is 33.4 Å². The highest BCUT2D eigenvalue weighted by atomic mass is 32.1. The van der Waals surface area contributed by atoms with Crippen molar-refractivity contribution in [1.82, 2.24) is 0 Å². The fraction of sp³-hybridized carbons (Fsp3) is 0. The molecule has 0 amide bonds. The van der Waals surface area contributed by atoms with E-state index in [0.717, 1.165) is 0 Å². The largest absolute Gasteiger partial charge is 0.134 e. The third-order valence-corrected chi connectivity index (χ3v) is 12.9. The van der Waals surface area contributed by atoms with E-state index in [1.807, 2.05) is 11.3 Å². The van der Waals surface area contributed by atoms with Crippen LogP contribution in [0.3, 0.4) is 0 Å². The van der Waals surface area contributed by atoms with Gasteiger partial charge in [-0.2, -0.15) is 0 Å². The summed E-state index contributed by atoms with van der Waals surface area (Å²) in [5.74, 6) is 0. The van der Waals surface area contributed by atoms with Gasteiger partial charge in [-0.3, -0.25) is 0 Å². The molecule has 1 heteroatoms. The van der Waals surface area contributed by atoms with E-state index >= 15 is 0 Å². The molecule has 12 rings (SSSR count). The molecule has 0 saturated heterocycles. The summed E-state index contributed by atoms with van der Waals surface area (Å²) in [4.78, 5) is 0. The summed E-state index contributed by atoms with van der Waals surface area (Å²) in [7, 11) is 0. The zero-order valence-electron chi connectivity index (χ0n) is 29.9. The second-order valence-corrected chi connectivity index (χ2v) is 15.8. The topological polar surface area (TPSA) is 0 Å². The molecule has 0 aliphatic heterocycles. The summed E-state index contributed by atoms with van der Waals surface area (Å²) in [5.41, 5.74) is 7.55. The Balaban J connectivity index is 0.981. The first kappa shape index (κ1) is 30.6. The molecule has 254 valence electrons. The maximum atomic E-state index is 2.41. The summed E-state index contributed by atoms with van der Waals surface area (Å²) in [6.07, 6.45) is 0. The Labute approximate surface area is 322 Å². The van der Waals surface area contributed by atoms with E-state index in [1.165, 1.54) is 118 Å². The molecule has 0 fully saturated rings. The van der Waals surface area contributed by atoms with Crippen LogP contribution in [-0.4, -0.2) is 0 Å². The Morgan fingerprint density at radius 2 is 0.691 bits per heavy atom. The van der Waals surface area contributed by atoms with Gasteiger partial charge in [0, 0.05) is 25.6 Å². The van der Waals surface area contributed by atoms with E-state index < -0.39 is 0 Å². The lowest BCUT2D eigenvalue weighted by molar-refractivity contribution is 1.66. The number of fused-ring (bicyclic) bond motifs is 12. The van der Waals surface area contributed by atoms with Crippen LogP contribution in [0.25, 0.3) is 118 Å². The lowest BCUT2D eigenvalue weighted by atomic mass is 9.85. The van der Waals surface area contributed by atoms with Crippen molar-refractivity contribution in [3.63, 3.8) is 0 Å². The summed E-state index contributed by atoms with van der Waals surface area (Å²) in [6.45, 7) is 0. The van der Waals surface area contributed by atoms with Gasteiger partial charge in [-0.1, -0.05) is 164 Å². The minimum atomic E-state index is 1.23. The van der Waals surface area contributed by atoms with E-state index in [-0.39, 0.29) is 0 Å². The first-order chi connectivity index (χ1) is 27.3. The third kappa shape index (κ3) is 4.64. The SMILES string of the molecule is c1ccc(-c2c3ccccc3c(-c3ccc4cc(-c5ccc6cc7c(cc6c5)sc5c6ccccc6c6ccccc6c75)ccc4c3)c3ccccc23)cc1. The minimum absolute atomic E-state index is 1.23. The van der Waals surface area contributed by atoms with Crippen LogP contribution in [0.2, 0.25) is 0 Å². The van der Waals surface area contributed by atoms with Crippen LogP contribution in [0.1, 0.15) is 0 Å². The predicted molar refractivity (Wildman–Crippen MR) is 241 cm³/mol. The van der Waals surface area contributed by atoms with Crippen molar-refractivity contribution in [2.24, 2.45) is 0 Å². The lowest BCUT2D eigenvalue weighted by Crippen LogP contribution is -1.90. The van der Waals surface area contributed by atoms with Gasteiger partial charge in [-0.25, -0.2) is 0 Å². The van der Waals surface area contributed by atoms with Gasteiger partial charge in [0.05, 0.1) is 0 Å². The van der Waals surface area contributed by atoms with Crippen molar-refractivity contribution in [3.05, 3.63) is 194 Å². The molecule has 0 unspecified atom stereocenters. The van der Waals surface area contributed by atoms with Crippen molar-refractivity contribution < 1.29 is 0 Å². The molecule has 11 aromatic carbocycles. The quantitative estimate of drug-likeness (QED) is 0.126. The summed E-state index contributed by atoms with van der Waals surface area (Å²) < 4.78 is 2.71. The van der Waals surface area contributed by atoms with Gasteiger partial charge in [-0.05, 0) is 123 Å². The average molecular weight is 713 g/mol. The minimum Gasteiger partial charge on any atom is -0.134 e. The molecule has 0 saturated carbocycles. The lowest BCUT2D eigenvalue weighted by Gasteiger charge is -2.18. The van der Waals surface area contributed by atoms with Crippen LogP contribution >= 0.6 is 11.3 Å². The molecule has 0 nitrogen and oxygen atoms in total. The molecule has 0 aliphatic rings. The normalized spacial score (nSPS) is 12.0. The fourth-order valence-electron chi connectivity index (χ4n) is 9.26. The number of rotatable bonds is 3. The highest BCUT2D eigenvalue weighted by Gasteiger charge is 2.18. The third-order valence-electron chi connectivity index (χ3n) is 11.8. The van der Waals surface area contributed by atoms with E-state index in [0.29, 0.717) is 0 Å². The van der Waals surface area contributed by atoms with Gasteiger partial charge < -0.3 is 0 Å². The van der Waals surface area contributed by atoms with E-state index in [1.54, 1.807) is 0 Å². The van der Waals surface area contributed by atoms with Gasteiger partial charge >= 0.3 is 0 Å². The Morgan fingerprint density at radius 3 is 1.31 bits per heavy atom. The molecule has 1 aromatic heterocycles. The molecular weight excluding hydrogens is 681 g/mol. The first-order valence-corrected chi connectivity index (χ1v) is 19.8. The van der Waals surface area contributed by atoms with Gasteiger partial charge in [0.2, 0.25) is 0 Å². The van der Waals surface area contributed by atoms with Crippen molar-refractivity contribution in [2.45, 2.75) is 0 Å². The summed E-state index contributed by atoms with van der Waals surface area (Å²) >= 11 is 1.92. The van der Waals surface area contributed by atoms with Gasteiger partial charge in [0.25, 0.3) is 0 Å². The highest BCUT2D eigenvalue weighted by molar-refractivity contribution is 7.27. The first-order valence-electron chi connectivity index (χ1n) is 19.0. The van der Waals surface area contributed by atoms with E-state index in [4.69, 9.17) is 0 Å². The Kier molecular flexibility index (Phi) is 6.60. The highest BCUT2D eigenvalue weighted by Crippen LogP contribution is 2.46. The Hall–Kier alpha value is -6.80. The standard InChI is InChI=1S/C54H32S/c1-2-12-33(13-3-1)51-44-17-7-9-19-46(44)52(47-20-10-8-18-45(47)51)39-27-26-35-28-34(22-23-36(35)29-39)37-24-25-38-31-49-50(32-40(38)30-37)55-54-48-21-11-5-15-42(48)41-14-4-6-16-43(41)53(49)54/h1-32H. The summed E-state index contributed by atoms with van der Waals surface area (Å²) in [6, 6.07) is 72.1. The second kappa shape index (κ2) is 11.9. The molecule has 0 atom stereocenters. The molecule has 0 radical (unpaired) electrons. The molecule has 0 N–H and O–H groups in total. The Morgan fingerprint density at radius 1 is 0.255 bits per heavy atom. The smallest absolute Gasteiger partial charge is 0.0440 e. The number of benzene rings is 11. The molecule has 55 heavy (non-hydrogen) atoms. The molecule has 12 aromatic rings. The zero-order valence-corrected chi connectivity index (χ0v) is 30.7. The Bertz CT molecular complexity index is 3480. The molecular formula is C54H32S. The van der Waals surface area contributed by atoms with Crippen LogP contribution in [0.4, 0.5) is 0 Å². The monoisotopic (exact) mass is 712 g/mol. The van der Waals surface area contributed by atoms with Crippen molar-refractivity contribution in [1.29, 1.82) is 0 Å². The van der Waals surface area contributed by atoms with E-state index in [9.17, 15) is 0 Å².